The van der Waals surface area contributed by atoms with E-state index < -0.39 is 0 Å². The van der Waals surface area contributed by atoms with Gasteiger partial charge in [0.05, 0.1) is 33.9 Å². The maximum atomic E-state index is 13.0. The van der Waals surface area contributed by atoms with Crippen LogP contribution in [0.4, 0.5) is 5.69 Å². The van der Waals surface area contributed by atoms with Crippen LogP contribution in [0.2, 0.25) is 0 Å². The Morgan fingerprint density at radius 2 is 2.14 bits per heavy atom. The van der Waals surface area contributed by atoms with Crippen LogP contribution >= 0.6 is 0 Å². The van der Waals surface area contributed by atoms with Crippen molar-refractivity contribution in [2.24, 2.45) is 0 Å². The number of rotatable bonds is 4. The van der Waals surface area contributed by atoms with Crippen molar-refractivity contribution in [1.29, 1.82) is 5.26 Å². The number of aromatic nitrogens is 2. The third-order valence-electron chi connectivity index (χ3n) is 4.98. The Hall–Kier alpha value is -3.11. The van der Waals surface area contributed by atoms with Gasteiger partial charge in [0.1, 0.15) is 0 Å². The van der Waals surface area contributed by atoms with Crippen molar-refractivity contribution in [2.75, 3.05) is 18.5 Å². The van der Waals surface area contributed by atoms with E-state index >= 15 is 0 Å². The number of nitrogens with one attached hydrogen (secondary N) is 3. The zero-order valence-electron chi connectivity index (χ0n) is 16.0. The van der Waals surface area contributed by atoms with Gasteiger partial charge in [0.25, 0.3) is 5.91 Å². The molecule has 1 saturated heterocycles. The lowest BCUT2D eigenvalue weighted by Crippen LogP contribution is -2.39. The first-order chi connectivity index (χ1) is 13.6. The zero-order valence-corrected chi connectivity index (χ0v) is 16.0. The van der Waals surface area contributed by atoms with Crippen molar-refractivity contribution in [3.05, 3.63) is 35.5 Å². The Bertz CT molecular complexity index is 1070. The third kappa shape index (κ3) is 3.39. The van der Waals surface area contributed by atoms with Crippen LogP contribution < -0.4 is 10.6 Å². The van der Waals surface area contributed by atoms with Gasteiger partial charge in [0, 0.05) is 42.4 Å². The van der Waals surface area contributed by atoms with E-state index in [2.05, 4.69) is 26.7 Å². The summed E-state index contributed by atoms with van der Waals surface area (Å²) in [6.45, 7) is 5.40. The molecule has 0 atom stereocenters. The van der Waals surface area contributed by atoms with Crippen LogP contribution in [0, 0.1) is 11.3 Å². The fourth-order valence-corrected chi connectivity index (χ4v) is 3.61. The van der Waals surface area contributed by atoms with Crippen molar-refractivity contribution >= 4 is 33.5 Å². The fraction of sp³-hybridized carbons (Fsp3) is 0.381. The smallest absolute Gasteiger partial charge is 0.255 e. The number of pyridine rings is 1. The number of amides is 1. The van der Waals surface area contributed by atoms with Crippen LogP contribution in [0.5, 0.6) is 0 Å². The molecule has 4 rings (SSSR count). The summed E-state index contributed by atoms with van der Waals surface area (Å²) in [4.78, 5) is 20.9. The van der Waals surface area contributed by atoms with Crippen molar-refractivity contribution in [1.82, 2.24) is 15.3 Å². The number of nitrogens with zero attached hydrogens (tertiary/aromatic N) is 2. The highest BCUT2D eigenvalue weighted by Gasteiger charge is 2.22. The van der Waals surface area contributed by atoms with Crippen molar-refractivity contribution in [2.45, 2.75) is 38.8 Å². The molecule has 3 heterocycles. The Morgan fingerprint density at radius 1 is 1.36 bits per heavy atom. The average Bonchev–Trinajstić information content (AvgIpc) is 3.06. The molecule has 7 nitrogen and oxygen atoms in total. The molecule has 144 valence electrons. The minimum absolute atomic E-state index is 0.116. The lowest BCUT2D eigenvalue weighted by Gasteiger charge is -2.24. The van der Waals surface area contributed by atoms with Gasteiger partial charge in [-0.2, -0.15) is 5.26 Å². The van der Waals surface area contributed by atoms with Crippen LogP contribution in [0.15, 0.2) is 24.4 Å². The molecule has 1 fully saturated rings. The van der Waals surface area contributed by atoms with Crippen LogP contribution in [0.3, 0.4) is 0 Å². The van der Waals surface area contributed by atoms with Gasteiger partial charge in [-0.3, -0.25) is 9.78 Å². The van der Waals surface area contributed by atoms with E-state index in [1.165, 1.54) is 0 Å². The number of hydrogen-bond donors (Lipinski definition) is 3. The Morgan fingerprint density at radius 3 is 2.86 bits per heavy atom. The molecule has 0 aliphatic carbocycles. The second-order valence-electron chi connectivity index (χ2n) is 7.43. The van der Waals surface area contributed by atoms with Crippen molar-refractivity contribution in [3.8, 4) is 6.07 Å². The summed E-state index contributed by atoms with van der Waals surface area (Å²) in [6.07, 6.45) is 3.27. The predicted octanol–water partition coefficient (Wildman–Crippen LogP) is 3.32. The van der Waals surface area contributed by atoms with Gasteiger partial charge in [0.2, 0.25) is 0 Å². The van der Waals surface area contributed by atoms with E-state index in [9.17, 15) is 4.79 Å². The highest BCUT2D eigenvalue weighted by atomic mass is 16.5. The fourth-order valence-electron chi connectivity index (χ4n) is 3.61. The Labute approximate surface area is 163 Å². The number of carbonyl (C=O) groups excluding carboxylic acids is 1. The number of anilines is 1. The number of ether oxygens (including phenoxy) is 1. The molecule has 0 bridgehead atoms. The summed E-state index contributed by atoms with van der Waals surface area (Å²) in [7, 11) is 0. The maximum absolute atomic E-state index is 13.0. The summed E-state index contributed by atoms with van der Waals surface area (Å²) in [5.74, 6) is -0.138. The van der Waals surface area contributed by atoms with Crippen LogP contribution in [-0.2, 0) is 4.74 Å². The summed E-state index contributed by atoms with van der Waals surface area (Å²) in [5, 5.41) is 16.6. The minimum atomic E-state index is -0.138. The Kier molecular flexibility index (Phi) is 4.88. The van der Waals surface area contributed by atoms with E-state index in [-0.39, 0.29) is 18.0 Å². The van der Waals surface area contributed by atoms with E-state index in [1.807, 2.05) is 19.9 Å². The predicted molar refractivity (Wildman–Crippen MR) is 108 cm³/mol. The minimum Gasteiger partial charge on any atom is -0.381 e. The topological polar surface area (TPSA) is 103 Å². The molecule has 1 aromatic carbocycles. The second kappa shape index (κ2) is 7.49. The molecule has 0 unspecified atom stereocenters. The number of nitriles is 1. The number of benzene rings is 1. The highest BCUT2D eigenvalue weighted by Crippen LogP contribution is 2.32. The lowest BCUT2D eigenvalue weighted by atomic mass is 10.1. The maximum Gasteiger partial charge on any atom is 0.255 e. The molecule has 0 radical (unpaired) electrons. The normalized spacial score (nSPS) is 15.1. The van der Waals surface area contributed by atoms with E-state index in [0.29, 0.717) is 24.3 Å². The molecule has 0 saturated carbocycles. The summed E-state index contributed by atoms with van der Waals surface area (Å²) >= 11 is 0. The Balaban J connectivity index is 1.80. The molecule has 2 aromatic heterocycles. The molecular formula is C21H23N5O2. The molecule has 1 aliphatic rings. The molecule has 3 aromatic rings. The third-order valence-corrected chi connectivity index (χ3v) is 4.98. The standard InChI is InChI=1S/C21H23N5O2/c1-12(2)24-19-16(21(27)25-14-5-7-28-8-6-14)11-23-18-15-4-3-13(10-22)9-17(15)26-20(18)19/h3-4,9,11-12,14,26H,5-8H2,1-2H3,(H,23,24)(H,25,27). The van der Waals surface area contributed by atoms with Crippen molar-refractivity contribution < 1.29 is 9.53 Å². The van der Waals surface area contributed by atoms with Gasteiger partial charge < -0.3 is 20.4 Å². The summed E-state index contributed by atoms with van der Waals surface area (Å²) in [6, 6.07) is 7.88. The van der Waals surface area contributed by atoms with Gasteiger partial charge >= 0.3 is 0 Å². The van der Waals surface area contributed by atoms with Gasteiger partial charge in [-0.1, -0.05) is 0 Å². The molecular weight excluding hydrogens is 354 g/mol. The first kappa shape index (κ1) is 18.3. The quantitative estimate of drug-likeness (QED) is 0.647. The number of aromatic amines is 1. The highest BCUT2D eigenvalue weighted by molar-refractivity contribution is 6.14. The van der Waals surface area contributed by atoms with Gasteiger partial charge in [-0.05, 0) is 44.9 Å². The summed E-state index contributed by atoms with van der Waals surface area (Å²) in [5.41, 5.74) is 4.22. The van der Waals surface area contributed by atoms with Gasteiger partial charge in [0.15, 0.2) is 0 Å². The second-order valence-corrected chi connectivity index (χ2v) is 7.43. The van der Waals surface area contributed by atoms with Crippen LogP contribution in [0.25, 0.3) is 21.9 Å². The van der Waals surface area contributed by atoms with Gasteiger partial charge in [-0.25, -0.2) is 0 Å². The average molecular weight is 377 g/mol. The van der Waals surface area contributed by atoms with E-state index in [4.69, 9.17) is 10.00 Å². The molecule has 28 heavy (non-hydrogen) atoms. The lowest BCUT2D eigenvalue weighted by molar-refractivity contribution is 0.0697. The van der Waals surface area contributed by atoms with Gasteiger partial charge in [-0.15, -0.1) is 0 Å². The number of H-pyrrole nitrogens is 1. The molecule has 0 spiro atoms. The summed E-state index contributed by atoms with van der Waals surface area (Å²) < 4.78 is 5.37. The largest absolute Gasteiger partial charge is 0.381 e. The number of fused-ring (bicyclic) bond motifs is 3. The van der Waals surface area contributed by atoms with E-state index in [1.54, 1.807) is 18.3 Å². The SMILES string of the molecule is CC(C)Nc1c(C(=O)NC2CCOCC2)cnc2c1[nH]c1cc(C#N)ccc12. The van der Waals surface area contributed by atoms with Crippen LogP contribution in [0.1, 0.15) is 42.6 Å². The monoisotopic (exact) mass is 377 g/mol. The van der Waals surface area contributed by atoms with E-state index in [0.717, 1.165) is 40.5 Å². The zero-order chi connectivity index (χ0) is 19.7. The van der Waals surface area contributed by atoms with Crippen LogP contribution in [-0.4, -0.2) is 41.2 Å². The number of carbonyl (C=O) groups is 1. The molecule has 3 N–H and O–H groups in total. The first-order valence-electron chi connectivity index (χ1n) is 9.56. The first-order valence-corrected chi connectivity index (χ1v) is 9.56. The molecule has 1 amide bonds. The number of hydrogen-bond acceptors (Lipinski definition) is 5. The molecule has 7 heteroatoms. The van der Waals surface area contributed by atoms with Crippen molar-refractivity contribution in [3.63, 3.8) is 0 Å². The molecule has 1 aliphatic heterocycles.